The van der Waals surface area contributed by atoms with Crippen molar-refractivity contribution < 1.29 is 85.1 Å². The second kappa shape index (κ2) is 37.8. The molecular formula is C58H99Cl3NO18P3. The number of hydrogen-bond acceptors (Lipinski definition) is 18. The molecule has 0 aromatic rings. The number of allylic oxidation sites excluding steroid dienone is 6. The van der Waals surface area contributed by atoms with Crippen LogP contribution in [0.5, 0.6) is 0 Å². The number of Topliss-reactive ketones (excluding diaryl/α,β-unsaturated/α-hetero) is 3. The number of piperidine rings is 1. The SMILES string of the molecule is CC.COP(C)(=O)Cl.CO[C@H]1C[C@@H]2CC[C@@H](C)[C@@](O)(O2)C(=O)C(=O)N2CCCCC2C(=O)O[C@H]([C@H](C)C[C@@H]2CC[C@@H](OP(C)(=O)OC)[C@H](OC)C2)CC(=O)[C@H](C)/C=C(\C)[C@@H](O)[C@@H](OC)C(=O)[C@H](C)C[C@H](C)/C=C/C=CC=C1C.CP(=O)(Cl)Cl. The lowest BCUT2D eigenvalue weighted by Gasteiger charge is -2.42. The number of carbonyl (C=O) groups is 5. The van der Waals surface area contributed by atoms with Crippen LogP contribution in [0.15, 0.2) is 47.6 Å². The normalized spacial score (nSPS) is 34.4. The molecule has 3 heterocycles. The molecule has 3 unspecified atom stereocenters. The number of methoxy groups -OCH3 is 3. The Labute approximate surface area is 509 Å². The van der Waals surface area contributed by atoms with Crippen LogP contribution in [0.4, 0.5) is 0 Å². The van der Waals surface area contributed by atoms with E-state index in [4.69, 9.17) is 66.5 Å². The van der Waals surface area contributed by atoms with Crippen LogP contribution in [0.25, 0.3) is 0 Å². The van der Waals surface area contributed by atoms with E-state index in [9.17, 15) is 47.9 Å². The fourth-order valence-corrected chi connectivity index (χ4v) is 11.3. The van der Waals surface area contributed by atoms with Crippen molar-refractivity contribution in [1.29, 1.82) is 0 Å². The molecular weight excluding hydrogens is 1200 g/mol. The first kappa shape index (κ1) is 79.1. The average molecular weight is 1300 g/mol. The van der Waals surface area contributed by atoms with Crippen LogP contribution in [0.3, 0.4) is 0 Å². The number of fused-ring (bicyclic) bond motifs is 3. The van der Waals surface area contributed by atoms with Gasteiger partial charge in [-0.2, -0.15) is 0 Å². The Balaban J connectivity index is 0.00000238. The molecule has 3 fully saturated rings. The molecule has 480 valence electrons. The number of carbonyl (C=O) groups excluding carboxylic acids is 5. The first-order valence-corrected chi connectivity index (χ1v) is 37.6. The monoisotopic (exact) mass is 1300 g/mol. The van der Waals surface area contributed by atoms with Crippen molar-refractivity contribution in [2.24, 2.45) is 35.5 Å². The van der Waals surface area contributed by atoms with E-state index < -0.39 is 110 Å². The fourth-order valence-electron chi connectivity index (χ4n) is 10.5. The number of nitrogens with zero attached hydrogens (tertiary/aromatic N) is 1. The van der Waals surface area contributed by atoms with Gasteiger partial charge >= 0.3 is 13.6 Å². The molecule has 2 saturated heterocycles. The van der Waals surface area contributed by atoms with Gasteiger partial charge in [-0.1, -0.05) is 84.9 Å². The van der Waals surface area contributed by atoms with Gasteiger partial charge in [-0.3, -0.25) is 32.9 Å². The highest BCUT2D eigenvalue weighted by Crippen LogP contribution is 2.52. The molecule has 0 aromatic heterocycles. The van der Waals surface area contributed by atoms with Crippen molar-refractivity contribution in [2.75, 3.05) is 62.1 Å². The van der Waals surface area contributed by atoms with Gasteiger partial charge in [0, 0.05) is 92.7 Å². The maximum atomic E-state index is 14.5. The molecule has 4 aliphatic rings. The molecule has 1 saturated carbocycles. The van der Waals surface area contributed by atoms with Crippen LogP contribution in [-0.2, 0) is 74.9 Å². The molecule has 2 bridgehead atoms. The van der Waals surface area contributed by atoms with Gasteiger partial charge in [0.15, 0.2) is 5.78 Å². The minimum atomic E-state index is -3.30. The molecule has 25 heteroatoms. The third-order valence-corrected chi connectivity index (χ3v) is 17.8. The van der Waals surface area contributed by atoms with Crippen LogP contribution in [-0.4, -0.2) is 161 Å². The Bertz CT molecular complexity index is 2330. The number of cyclic esters (lactones) is 1. The standard InChI is InChI=1S/C53H84NO15P.C2H6ClO2P.C2H6.CH3Cl2OP/c1-32-18-14-13-15-19-33(2)44(63-8)30-40-23-21-38(7)53(61,68-40)50(58)51(59)54-25-17-16-20-41(54)52(60)67-45(35(4)28-39-22-24-43(46(29-39)64-9)69-70(12,62)66-11)31-42(55)34(3)27-37(6)48(57)49(65-10)47(56)36(5)26-32;1-5-6(2,3)4;1-2;1-5(2,3)4/h13-15,18-19,27,32,34-36,38-41,43-46,48-49,57,61H,16-17,20-26,28-31H2,1-12H3;1-2H3;1-2H3;1H3/b15-13?,18-14+,33-19?,37-27+;;;/t32-,34-,35-,36-,38-,39+,40+,41?,43-,44+,45+,46-,48-,49+,53-,70?;;;/m1.../s1. The number of amides is 1. The predicted molar refractivity (Wildman–Crippen MR) is 328 cm³/mol. The Morgan fingerprint density at radius 3 is 1.95 bits per heavy atom. The lowest BCUT2D eigenvalue weighted by atomic mass is 9.78. The summed E-state index contributed by atoms with van der Waals surface area (Å²) >= 11 is 14.8. The Morgan fingerprint density at radius 1 is 0.783 bits per heavy atom. The van der Waals surface area contributed by atoms with Gasteiger partial charge in [0.1, 0.15) is 30.1 Å². The highest BCUT2D eigenvalue weighted by Gasteiger charge is 2.53. The molecule has 0 spiro atoms. The average Bonchev–Trinajstić information content (AvgIpc) is 2.75. The zero-order valence-corrected chi connectivity index (χ0v) is 57.0. The highest BCUT2D eigenvalue weighted by molar-refractivity contribution is 8.08. The highest BCUT2D eigenvalue weighted by atomic mass is 35.9. The third kappa shape index (κ3) is 27.6. The summed E-state index contributed by atoms with van der Waals surface area (Å²) in [7, 11) is 3.86. The van der Waals surface area contributed by atoms with Crippen LogP contribution < -0.4 is 0 Å². The predicted octanol–water partition coefficient (Wildman–Crippen LogP) is 12.7. The number of ether oxygens (including phenoxy) is 5. The zero-order valence-electron chi connectivity index (χ0n) is 52.1. The molecule has 4 rings (SSSR count). The zero-order chi connectivity index (χ0) is 63.8. The lowest BCUT2D eigenvalue weighted by Crippen LogP contribution is -2.61. The molecule has 0 radical (unpaired) electrons. The quantitative estimate of drug-likeness (QED) is 0.0892. The van der Waals surface area contributed by atoms with E-state index in [0.29, 0.717) is 69.8 Å². The number of aliphatic hydroxyl groups excluding tert-OH is 1. The molecule has 1 aliphatic carbocycles. The van der Waals surface area contributed by atoms with Crippen LogP contribution in [0.1, 0.15) is 139 Å². The van der Waals surface area contributed by atoms with Gasteiger partial charge in [-0.15, -0.1) is 0 Å². The third-order valence-electron chi connectivity index (χ3n) is 15.4. The van der Waals surface area contributed by atoms with Crippen molar-refractivity contribution in [1.82, 2.24) is 4.90 Å². The summed E-state index contributed by atoms with van der Waals surface area (Å²) in [5.41, 5.74) is 1.24. The van der Waals surface area contributed by atoms with E-state index in [0.717, 1.165) is 5.57 Å². The number of ketones is 3. The lowest BCUT2D eigenvalue weighted by molar-refractivity contribution is -0.265. The van der Waals surface area contributed by atoms with E-state index in [2.05, 4.69) is 4.52 Å². The topological polar surface area (TPSA) is 254 Å². The summed E-state index contributed by atoms with van der Waals surface area (Å²) in [6, 6.07) is -1.17. The van der Waals surface area contributed by atoms with Gasteiger partial charge in [-0.05, 0) is 141 Å². The van der Waals surface area contributed by atoms with Gasteiger partial charge in [0.05, 0.1) is 24.4 Å². The van der Waals surface area contributed by atoms with Gasteiger partial charge in [-0.25, -0.2) is 4.79 Å². The van der Waals surface area contributed by atoms with Gasteiger partial charge in [0.25, 0.3) is 18.4 Å². The number of rotatable bonds is 10. The largest absolute Gasteiger partial charge is 0.460 e. The van der Waals surface area contributed by atoms with Crippen molar-refractivity contribution in [2.45, 2.75) is 194 Å². The fraction of sp³-hybridized carbons (Fsp3) is 0.776. The van der Waals surface area contributed by atoms with E-state index in [1.54, 1.807) is 41.1 Å². The maximum Gasteiger partial charge on any atom is 0.329 e. The second-order valence-electron chi connectivity index (χ2n) is 22.3. The van der Waals surface area contributed by atoms with E-state index >= 15 is 0 Å². The molecule has 1 amide bonds. The van der Waals surface area contributed by atoms with Crippen molar-refractivity contribution in [3.05, 3.63) is 47.6 Å². The number of aliphatic hydroxyl groups is 2. The number of esters is 1. The molecule has 2 N–H and O–H groups in total. The van der Waals surface area contributed by atoms with Crippen LogP contribution >= 0.6 is 53.9 Å². The number of hydrogen-bond donors (Lipinski definition) is 2. The second-order valence-corrected chi connectivity index (χ2v) is 33.9. The van der Waals surface area contributed by atoms with Crippen molar-refractivity contribution in [3.8, 4) is 0 Å². The van der Waals surface area contributed by atoms with Gasteiger partial charge in [0.2, 0.25) is 11.6 Å². The summed E-state index contributed by atoms with van der Waals surface area (Å²) in [6.45, 7) is 18.0. The van der Waals surface area contributed by atoms with E-state index in [-0.39, 0.29) is 48.7 Å². The van der Waals surface area contributed by atoms with Gasteiger partial charge < -0.3 is 52.4 Å². The van der Waals surface area contributed by atoms with E-state index in [1.807, 2.05) is 71.9 Å². The summed E-state index contributed by atoms with van der Waals surface area (Å²) in [6.07, 6.45) is 10.8. The minimum Gasteiger partial charge on any atom is -0.460 e. The molecule has 19 nitrogen and oxygen atoms in total. The Morgan fingerprint density at radius 2 is 1.40 bits per heavy atom. The molecule has 3 aliphatic heterocycles. The smallest absolute Gasteiger partial charge is 0.329 e. The summed E-state index contributed by atoms with van der Waals surface area (Å²) in [5.74, 6) is -11.0. The molecule has 17 atom stereocenters. The van der Waals surface area contributed by atoms with Crippen LogP contribution in [0, 0.1) is 35.5 Å². The Hall–Kier alpha value is -1.89. The van der Waals surface area contributed by atoms with Crippen molar-refractivity contribution >= 4 is 83.1 Å². The maximum absolute atomic E-state index is 14.5. The molecule has 0 aromatic carbocycles. The minimum absolute atomic E-state index is 0.00690. The van der Waals surface area contributed by atoms with E-state index in [1.165, 1.54) is 46.2 Å². The first-order valence-electron chi connectivity index (χ1n) is 28.7. The van der Waals surface area contributed by atoms with Crippen molar-refractivity contribution in [3.63, 3.8) is 0 Å². The first-order chi connectivity index (χ1) is 38.6. The summed E-state index contributed by atoms with van der Waals surface area (Å²) in [5, 5.41) is 23.5. The Kier molecular flexibility index (Phi) is 36.1. The molecule has 83 heavy (non-hydrogen) atoms. The van der Waals surface area contributed by atoms with Crippen LogP contribution in [0.2, 0.25) is 0 Å². The number of halogens is 3. The summed E-state index contributed by atoms with van der Waals surface area (Å²) < 4.78 is 77.5. The summed E-state index contributed by atoms with van der Waals surface area (Å²) in [4.78, 5) is 72.3.